The summed E-state index contributed by atoms with van der Waals surface area (Å²) in [5, 5.41) is 20.8. The molecule has 3 atom stereocenters. The lowest BCUT2D eigenvalue weighted by Gasteiger charge is -2.38. The third kappa shape index (κ3) is 3.17. The van der Waals surface area contributed by atoms with Gasteiger partial charge < -0.3 is 15.9 Å². The van der Waals surface area contributed by atoms with Crippen molar-refractivity contribution in [3.05, 3.63) is 66.8 Å². The molecule has 3 unspecified atom stereocenters. The topological polar surface area (TPSA) is 135 Å². The third-order valence-corrected chi connectivity index (χ3v) is 4.21. The highest BCUT2D eigenvalue weighted by Gasteiger charge is 2.45. The van der Waals surface area contributed by atoms with Crippen LogP contribution in [0.1, 0.15) is 17.8 Å². The van der Waals surface area contributed by atoms with Gasteiger partial charge >= 0.3 is 5.97 Å². The molecule has 8 nitrogen and oxygen atoms in total. The Balaban J connectivity index is 2.10. The van der Waals surface area contributed by atoms with Gasteiger partial charge in [0.25, 0.3) is 0 Å². The van der Waals surface area contributed by atoms with Gasteiger partial charge in [0.2, 0.25) is 0 Å². The molecule has 4 N–H and O–H groups in total. The Morgan fingerprint density at radius 3 is 2.56 bits per heavy atom. The van der Waals surface area contributed by atoms with E-state index in [1.807, 2.05) is 0 Å². The van der Waals surface area contributed by atoms with E-state index in [1.54, 1.807) is 36.6 Å². The molecule has 0 saturated heterocycles. The largest absolute Gasteiger partial charge is 0.480 e. The first-order valence-electron chi connectivity index (χ1n) is 7.66. The Kier molecular flexibility index (Phi) is 4.64. The number of nitrogens with two attached hydrogens (primary N) is 1. The molecular formula is C17H17N5O3. The van der Waals surface area contributed by atoms with Crippen LogP contribution in [0.4, 0.5) is 0 Å². The zero-order valence-corrected chi connectivity index (χ0v) is 13.2. The summed E-state index contributed by atoms with van der Waals surface area (Å²) >= 11 is 0. The molecule has 0 bridgehead atoms. The number of carbonyl (C=O) groups is 1. The minimum absolute atomic E-state index is 0.0365. The number of allylic oxidation sites excluding steroid dienone is 2. The van der Waals surface area contributed by atoms with Crippen molar-refractivity contribution in [2.45, 2.75) is 18.1 Å². The molecule has 8 heteroatoms. The van der Waals surface area contributed by atoms with Crippen LogP contribution in [0.5, 0.6) is 0 Å². The molecule has 25 heavy (non-hydrogen) atoms. The molecule has 128 valence electrons. The lowest BCUT2D eigenvalue weighted by Crippen LogP contribution is -2.43. The highest BCUT2D eigenvalue weighted by Crippen LogP contribution is 2.45. The van der Waals surface area contributed by atoms with E-state index < -0.39 is 23.5 Å². The van der Waals surface area contributed by atoms with E-state index in [-0.39, 0.29) is 6.42 Å². The summed E-state index contributed by atoms with van der Waals surface area (Å²) in [5.41, 5.74) is 5.49. The van der Waals surface area contributed by atoms with Crippen LogP contribution in [0.2, 0.25) is 0 Å². The first-order chi connectivity index (χ1) is 12.0. The van der Waals surface area contributed by atoms with Crippen LogP contribution in [-0.4, -0.2) is 42.2 Å². The summed E-state index contributed by atoms with van der Waals surface area (Å²) in [6.07, 6.45) is 11.1. The summed E-state index contributed by atoms with van der Waals surface area (Å²) in [6.45, 7) is 0. The van der Waals surface area contributed by atoms with Gasteiger partial charge in [0.1, 0.15) is 24.3 Å². The number of carboxylic acids is 1. The second-order valence-corrected chi connectivity index (χ2v) is 5.71. The second kappa shape index (κ2) is 6.88. The quantitative estimate of drug-likeness (QED) is 0.717. The van der Waals surface area contributed by atoms with Crippen molar-refractivity contribution in [1.82, 2.24) is 19.9 Å². The fourth-order valence-corrected chi connectivity index (χ4v) is 2.95. The molecule has 0 radical (unpaired) electrons. The van der Waals surface area contributed by atoms with Gasteiger partial charge in [0, 0.05) is 23.9 Å². The van der Waals surface area contributed by atoms with Gasteiger partial charge in [0.15, 0.2) is 0 Å². The first-order valence-corrected chi connectivity index (χ1v) is 7.66. The van der Waals surface area contributed by atoms with E-state index in [0.29, 0.717) is 17.0 Å². The maximum atomic E-state index is 11.6. The first kappa shape index (κ1) is 16.9. The molecule has 0 aromatic carbocycles. The Morgan fingerprint density at radius 1 is 1.24 bits per heavy atom. The van der Waals surface area contributed by atoms with Gasteiger partial charge in [-0.3, -0.25) is 4.79 Å². The number of aromatic nitrogens is 4. The summed E-state index contributed by atoms with van der Waals surface area (Å²) < 4.78 is 0. The van der Waals surface area contributed by atoms with E-state index in [1.165, 1.54) is 18.9 Å². The maximum absolute atomic E-state index is 11.6. The summed E-state index contributed by atoms with van der Waals surface area (Å²) in [6, 6.07) is 2.14. The number of hydrogen-bond acceptors (Lipinski definition) is 7. The molecule has 3 rings (SSSR count). The molecule has 2 aromatic rings. The van der Waals surface area contributed by atoms with Crippen molar-refractivity contribution in [2.24, 2.45) is 11.7 Å². The number of rotatable bonds is 5. The SMILES string of the molecule is NC(CC1C=CC=C(c2ccncn2)C1(O)c1ccncn1)C(=O)O. The van der Waals surface area contributed by atoms with Crippen molar-refractivity contribution < 1.29 is 15.0 Å². The zero-order chi connectivity index (χ0) is 17.9. The lowest BCUT2D eigenvalue weighted by molar-refractivity contribution is -0.139. The van der Waals surface area contributed by atoms with E-state index >= 15 is 0 Å². The molecule has 0 saturated carbocycles. The third-order valence-electron chi connectivity index (χ3n) is 4.21. The average molecular weight is 339 g/mol. The van der Waals surface area contributed by atoms with Gasteiger partial charge in [0.05, 0.1) is 11.4 Å². The standard InChI is InChI=1S/C17H17N5O3/c18-13(16(23)24)8-11-2-1-3-12(14-4-6-19-9-21-14)17(11,25)15-5-7-20-10-22-15/h1-7,9-11,13,25H,8,18H2,(H,23,24). The van der Waals surface area contributed by atoms with Crippen molar-refractivity contribution in [1.29, 1.82) is 0 Å². The minimum Gasteiger partial charge on any atom is -0.480 e. The van der Waals surface area contributed by atoms with Crippen molar-refractivity contribution in [2.75, 3.05) is 0 Å². The van der Waals surface area contributed by atoms with Crippen LogP contribution in [-0.2, 0) is 10.4 Å². The minimum atomic E-state index is -1.58. The van der Waals surface area contributed by atoms with Crippen LogP contribution >= 0.6 is 0 Å². The van der Waals surface area contributed by atoms with E-state index in [2.05, 4.69) is 19.9 Å². The lowest BCUT2D eigenvalue weighted by atomic mass is 9.71. The average Bonchev–Trinajstić information content (AvgIpc) is 2.64. The monoisotopic (exact) mass is 339 g/mol. The van der Waals surface area contributed by atoms with E-state index in [0.717, 1.165) is 0 Å². The molecule has 1 aliphatic rings. The Bertz CT molecular complexity index is 810. The fourth-order valence-electron chi connectivity index (χ4n) is 2.95. The highest BCUT2D eigenvalue weighted by atomic mass is 16.4. The Hall–Kier alpha value is -2.97. The van der Waals surface area contributed by atoms with E-state index in [9.17, 15) is 9.90 Å². The normalized spacial score (nSPS) is 23.8. The molecule has 0 fully saturated rings. The Morgan fingerprint density at radius 2 is 1.96 bits per heavy atom. The highest BCUT2D eigenvalue weighted by molar-refractivity contribution is 5.76. The summed E-state index contributed by atoms with van der Waals surface area (Å²) in [4.78, 5) is 27.3. The molecule has 2 aromatic heterocycles. The second-order valence-electron chi connectivity index (χ2n) is 5.71. The van der Waals surface area contributed by atoms with Crippen LogP contribution in [0.25, 0.3) is 5.57 Å². The Labute approximate surface area is 143 Å². The summed E-state index contributed by atoms with van der Waals surface area (Å²) in [5.74, 6) is -1.72. The number of aliphatic carboxylic acids is 1. The van der Waals surface area contributed by atoms with E-state index in [4.69, 9.17) is 10.8 Å². The molecule has 0 spiro atoms. The van der Waals surface area contributed by atoms with Gasteiger partial charge in [-0.1, -0.05) is 18.2 Å². The zero-order valence-electron chi connectivity index (χ0n) is 13.2. The van der Waals surface area contributed by atoms with Gasteiger partial charge in [-0.25, -0.2) is 19.9 Å². The van der Waals surface area contributed by atoms with Crippen molar-refractivity contribution >= 4 is 11.5 Å². The molecule has 0 aliphatic heterocycles. The molecule has 2 heterocycles. The number of carboxylic acid groups (broad SMARTS) is 1. The fraction of sp³-hybridized carbons (Fsp3) is 0.235. The number of nitrogens with zero attached hydrogens (tertiary/aromatic N) is 4. The molecule has 0 amide bonds. The van der Waals surface area contributed by atoms with Crippen LogP contribution < -0.4 is 5.73 Å². The summed E-state index contributed by atoms with van der Waals surface area (Å²) in [7, 11) is 0. The van der Waals surface area contributed by atoms with Crippen LogP contribution in [0, 0.1) is 5.92 Å². The number of hydrogen-bond donors (Lipinski definition) is 3. The molecular weight excluding hydrogens is 322 g/mol. The maximum Gasteiger partial charge on any atom is 0.320 e. The van der Waals surface area contributed by atoms with Crippen molar-refractivity contribution in [3.8, 4) is 0 Å². The van der Waals surface area contributed by atoms with Gasteiger partial charge in [-0.15, -0.1) is 0 Å². The van der Waals surface area contributed by atoms with Gasteiger partial charge in [-0.2, -0.15) is 0 Å². The van der Waals surface area contributed by atoms with Gasteiger partial charge in [-0.05, 0) is 18.6 Å². The van der Waals surface area contributed by atoms with Crippen LogP contribution in [0.3, 0.4) is 0 Å². The predicted molar refractivity (Wildman–Crippen MR) is 88.8 cm³/mol. The predicted octanol–water partition coefficient (Wildman–Crippen LogP) is 0.526. The van der Waals surface area contributed by atoms with Crippen LogP contribution in [0.15, 0.2) is 55.4 Å². The van der Waals surface area contributed by atoms with Crippen molar-refractivity contribution in [3.63, 3.8) is 0 Å². The molecule has 1 aliphatic carbocycles. The number of aliphatic hydroxyl groups is 1. The smallest absolute Gasteiger partial charge is 0.320 e.